The quantitative estimate of drug-likeness (QED) is 0.789. The van der Waals surface area contributed by atoms with E-state index in [9.17, 15) is 9.59 Å². The highest BCUT2D eigenvalue weighted by Crippen LogP contribution is 2.32. The van der Waals surface area contributed by atoms with Crippen molar-refractivity contribution in [3.05, 3.63) is 23.3 Å². The lowest BCUT2D eigenvalue weighted by molar-refractivity contribution is -0.148. The van der Waals surface area contributed by atoms with Gasteiger partial charge >= 0.3 is 11.9 Å². The molecule has 1 amide bonds. The number of aliphatic carboxylic acids is 1. The molecule has 0 aromatic heterocycles. The molecular weight excluding hydrogens is 222 g/mol. The van der Waals surface area contributed by atoms with E-state index in [0.717, 1.165) is 16.0 Å². The first-order valence-electron chi connectivity index (χ1n) is 5.04. The van der Waals surface area contributed by atoms with Crippen molar-refractivity contribution >= 4 is 17.6 Å². The number of carbonyl (C=O) groups is 2. The molecule has 0 aliphatic rings. The Morgan fingerprint density at radius 2 is 1.88 bits per heavy atom. The van der Waals surface area contributed by atoms with E-state index < -0.39 is 11.9 Å². The van der Waals surface area contributed by atoms with Crippen molar-refractivity contribution in [3.8, 4) is 5.75 Å². The molecule has 1 rings (SSSR count). The minimum absolute atomic E-state index is 0.477. The van der Waals surface area contributed by atoms with Gasteiger partial charge in [-0.25, -0.2) is 4.79 Å². The zero-order valence-electron chi connectivity index (χ0n) is 10.3. The third-order valence-electron chi connectivity index (χ3n) is 2.45. The summed E-state index contributed by atoms with van der Waals surface area (Å²) >= 11 is 0. The van der Waals surface area contributed by atoms with Crippen molar-refractivity contribution in [1.82, 2.24) is 0 Å². The standard InChI is InChI=1S/C12H15NO4/c1-7-5-8(2)10(9(6-7)17-4)13(3)11(14)12(15)16/h5-6H,1-4H3,(H,15,16). The molecule has 0 aliphatic carbocycles. The maximum absolute atomic E-state index is 11.4. The lowest BCUT2D eigenvalue weighted by Gasteiger charge is -2.21. The summed E-state index contributed by atoms with van der Waals surface area (Å²) in [5.74, 6) is -2.00. The van der Waals surface area contributed by atoms with Gasteiger partial charge in [-0.15, -0.1) is 0 Å². The summed E-state index contributed by atoms with van der Waals surface area (Å²) in [7, 11) is 2.90. The molecule has 0 bridgehead atoms. The number of ether oxygens (including phenoxy) is 1. The fourth-order valence-corrected chi connectivity index (χ4v) is 1.75. The third kappa shape index (κ3) is 2.55. The van der Waals surface area contributed by atoms with E-state index in [-0.39, 0.29) is 0 Å². The van der Waals surface area contributed by atoms with Gasteiger partial charge in [0.1, 0.15) is 5.75 Å². The van der Waals surface area contributed by atoms with Crippen molar-refractivity contribution in [3.63, 3.8) is 0 Å². The number of amides is 1. The van der Waals surface area contributed by atoms with Crippen LogP contribution in [0.5, 0.6) is 5.75 Å². The van der Waals surface area contributed by atoms with Crippen LogP contribution in [-0.2, 0) is 9.59 Å². The van der Waals surface area contributed by atoms with Crippen molar-refractivity contribution in [2.75, 3.05) is 19.1 Å². The maximum Gasteiger partial charge on any atom is 0.394 e. The van der Waals surface area contributed by atoms with Crippen LogP contribution in [0.2, 0.25) is 0 Å². The molecule has 1 aromatic rings. The van der Waals surface area contributed by atoms with Gasteiger partial charge in [-0.2, -0.15) is 0 Å². The monoisotopic (exact) mass is 237 g/mol. The SMILES string of the molecule is COc1cc(C)cc(C)c1N(C)C(=O)C(=O)O. The molecule has 0 spiro atoms. The zero-order chi connectivity index (χ0) is 13.2. The highest BCUT2D eigenvalue weighted by molar-refractivity contribution is 6.37. The second-order valence-corrected chi connectivity index (χ2v) is 3.80. The predicted molar refractivity (Wildman–Crippen MR) is 63.5 cm³/mol. The Morgan fingerprint density at radius 3 is 2.35 bits per heavy atom. The van der Waals surface area contributed by atoms with E-state index in [1.165, 1.54) is 14.2 Å². The summed E-state index contributed by atoms with van der Waals surface area (Å²) in [6.45, 7) is 3.70. The summed E-state index contributed by atoms with van der Waals surface area (Å²) in [5, 5.41) is 8.69. The smallest absolute Gasteiger partial charge is 0.394 e. The molecule has 0 aliphatic heterocycles. The fourth-order valence-electron chi connectivity index (χ4n) is 1.75. The molecule has 0 radical (unpaired) electrons. The Labute approximate surface area is 99.6 Å². The molecule has 0 unspecified atom stereocenters. The van der Waals surface area contributed by atoms with Crippen LogP contribution in [0, 0.1) is 13.8 Å². The molecular formula is C12H15NO4. The van der Waals surface area contributed by atoms with E-state index in [0.29, 0.717) is 11.4 Å². The molecule has 0 fully saturated rings. The van der Waals surface area contributed by atoms with Gasteiger partial charge in [-0.1, -0.05) is 6.07 Å². The lowest BCUT2D eigenvalue weighted by Crippen LogP contribution is -2.33. The molecule has 1 aromatic carbocycles. The number of anilines is 1. The van der Waals surface area contributed by atoms with Gasteiger partial charge in [0.25, 0.3) is 0 Å². The number of nitrogens with zero attached hydrogens (tertiary/aromatic N) is 1. The van der Waals surface area contributed by atoms with E-state index >= 15 is 0 Å². The second-order valence-electron chi connectivity index (χ2n) is 3.80. The normalized spacial score (nSPS) is 9.88. The van der Waals surface area contributed by atoms with Gasteiger partial charge in [0.15, 0.2) is 0 Å². The van der Waals surface area contributed by atoms with Gasteiger partial charge in [-0.3, -0.25) is 4.79 Å². The Hall–Kier alpha value is -2.04. The topological polar surface area (TPSA) is 66.8 Å². The zero-order valence-corrected chi connectivity index (χ0v) is 10.3. The fraction of sp³-hybridized carbons (Fsp3) is 0.333. The number of carboxylic acids is 1. The molecule has 0 saturated heterocycles. The van der Waals surface area contributed by atoms with E-state index in [4.69, 9.17) is 9.84 Å². The Balaban J connectivity index is 3.30. The van der Waals surface area contributed by atoms with Crippen LogP contribution < -0.4 is 9.64 Å². The number of carboxylic acid groups (broad SMARTS) is 1. The molecule has 92 valence electrons. The molecule has 0 heterocycles. The van der Waals surface area contributed by atoms with Gasteiger partial charge in [-0.05, 0) is 31.0 Å². The Morgan fingerprint density at radius 1 is 1.29 bits per heavy atom. The van der Waals surface area contributed by atoms with Gasteiger partial charge in [0.05, 0.1) is 12.8 Å². The number of rotatable bonds is 2. The molecule has 0 saturated carbocycles. The summed E-state index contributed by atoms with van der Waals surface area (Å²) in [4.78, 5) is 23.2. The summed E-state index contributed by atoms with van der Waals surface area (Å²) in [5.41, 5.74) is 2.25. The van der Waals surface area contributed by atoms with Gasteiger partial charge in [0.2, 0.25) is 0 Å². The highest BCUT2D eigenvalue weighted by Gasteiger charge is 2.23. The summed E-state index contributed by atoms with van der Waals surface area (Å²) in [6.07, 6.45) is 0. The van der Waals surface area contributed by atoms with E-state index in [2.05, 4.69) is 0 Å². The van der Waals surface area contributed by atoms with Crippen LogP contribution in [0.3, 0.4) is 0 Å². The number of hydrogen-bond acceptors (Lipinski definition) is 3. The van der Waals surface area contributed by atoms with Crippen LogP contribution in [0.1, 0.15) is 11.1 Å². The third-order valence-corrected chi connectivity index (χ3v) is 2.45. The average Bonchev–Trinajstić information content (AvgIpc) is 2.25. The number of hydrogen-bond donors (Lipinski definition) is 1. The molecule has 5 nitrogen and oxygen atoms in total. The van der Waals surface area contributed by atoms with Crippen LogP contribution >= 0.6 is 0 Å². The number of carbonyl (C=O) groups excluding carboxylic acids is 1. The molecule has 5 heteroatoms. The van der Waals surface area contributed by atoms with E-state index in [1.807, 2.05) is 13.0 Å². The first kappa shape index (κ1) is 13.0. The van der Waals surface area contributed by atoms with Gasteiger partial charge < -0.3 is 14.7 Å². The van der Waals surface area contributed by atoms with Gasteiger partial charge in [0, 0.05) is 7.05 Å². The maximum atomic E-state index is 11.4. The first-order chi connectivity index (χ1) is 7.88. The van der Waals surface area contributed by atoms with Crippen LogP contribution in [0.4, 0.5) is 5.69 Å². The molecule has 1 N–H and O–H groups in total. The second kappa shape index (κ2) is 4.86. The average molecular weight is 237 g/mol. The predicted octanol–water partition coefficient (Wildman–Crippen LogP) is 1.36. The largest absolute Gasteiger partial charge is 0.495 e. The lowest BCUT2D eigenvalue weighted by atomic mass is 10.1. The van der Waals surface area contributed by atoms with E-state index in [1.54, 1.807) is 13.0 Å². The van der Waals surface area contributed by atoms with Crippen LogP contribution in [0.25, 0.3) is 0 Å². The molecule has 0 atom stereocenters. The number of likely N-dealkylation sites (N-methyl/N-ethyl adjacent to an activating group) is 1. The minimum Gasteiger partial charge on any atom is -0.495 e. The number of methoxy groups -OCH3 is 1. The van der Waals surface area contributed by atoms with Crippen LogP contribution in [-0.4, -0.2) is 31.1 Å². The first-order valence-corrected chi connectivity index (χ1v) is 5.04. The number of benzene rings is 1. The van der Waals surface area contributed by atoms with Crippen molar-refractivity contribution in [2.45, 2.75) is 13.8 Å². The Kier molecular flexibility index (Phi) is 3.73. The van der Waals surface area contributed by atoms with Crippen LogP contribution in [0.15, 0.2) is 12.1 Å². The summed E-state index contributed by atoms with van der Waals surface area (Å²) < 4.78 is 5.17. The van der Waals surface area contributed by atoms with Crippen molar-refractivity contribution in [2.24, 2.45) is 0 Å². The minimum atomic E-state index is -1.49. The highest BCUT2D eigenvalue weighted by atomic mass is 16.5. The van der Waals surface area contributed by atoms with Crippen molar-refractivity contribution in [1.29, 1.82) is 0 Å². The number of aryl methyl sites for hydroxylation is 2. The van der Waals surface area contributed by atoms with Crippen molar-refractivity contribution < 1.29 is 19.4 Å². The summed E-state index contributed by atoms with van der Waals surface area (Å²) in [6, 6.07) is 3.62. The molecule has 17 heavy (non-hydrogen) atoms. The Bertz CT molecular complexity index is 468.